The van der Waals surface area contributed by atoms with Gasteiger partial charge in [-0.2, -0.15) is 0 Å². The number of carbonyl (C=O) groups is 2. The lowest BCUT2D eigenvalue weighted by Gasteiger charge is -2.46. The van der Waals surface area contributed by atoms with Crippen molar-refractivity contribution >= 4 is 17.6 Å². The molecule has 1 saturated carbocycles. The summed E-state index contributed by atoms with van der Waals surface area (Å²) in [4.78, 5) is 30.6. The highest BCUT2D eigenvalue weighted by Gasteiger charge is 2.52. The minimum absolute atomic E-state index is 0.0304. The van der Waals surface area contributed by atoms with E-state index in [4.69, 9.17) is 4.74 Å². The number of para-hydroxylation sites is 1. The lowest BCUT2D eigenvalue weighted by atomic mass is 9.84. The van der Waals surface area contributed by atoms with Crippen LogP contribution in [0.3, 0.4) is 0 Å². The predicted octanol–water partition coefficient (Wildman–Crippen LogP) is 3.68. The molecule has 5 nitrogen and oxygen atoms in total. The largest absolute Gasteiger partial charge is 0.467 e. The highest BCUT2D eigenvalue weighted by Crippen LogP contribution is 2.40. The van der Waals surface area contributed by atoms with Crippen molar-refractivity contribution in [2.45, 2.75) is 37.6 Å². The van der Waals surface area contributed by atoms with E-state index in [-0.39, 0.29) is 17.8 Å². The second kappa shape index (κ2) is 9.00. The van der Waals surface area contributed by atoms with Crippen molar-refractivity contribution in [1.82, 2.24) is 4.90 Å². The molecule has 30 heavy (non-hydrogen) atoms. The van der Waals surface area contributed by atoms with Crippen LogP contribution in [0.4, 0.5) is 5.69 Å². The van der Waals surface area contributed by atoms with E-state index in [1.807, 2.05) is 36.4 Å². The fraction of sp³-hybridized carbons (Fsp3) is 0.440. The third-order valence-electron chi connectivity index (χ3n) is 6.40. The maximum absolute atomic E-state index is 13.3. The van der Waals surface area contributed by atoms with Gasteiger partial charge in [-0.25, -0.2) is 4.79 Å². The van der Waals surface area contributed by atoms with Crippen molar-refractivity contribution < 1.29 is 14.3 Å². The molecule has 2 fully saturated rings. The first-order chi connectivity index (χ1) is 14.6. The Labute approximate surface area is 178 Å². The highest BCUT2D eigenvalue weighted by molar-refractivity contribution is 6.04. The Bertz CT molecular complexity index is 856. The van der Waals surface area contributed by atoms with Gasteiger partial charge in [-0.15, -0.1) is 0 Å². The van der Waals surface area contributed by atoms with Crippen LogP contribution in [0.5, 0.6) is 0 Å². The molecule has 1 heterocycles. The molecule has 0 aromatic heterocycles. The first-order valence-electron chi connectivity index (χ1n) is 10.9. The number of hydrogen-bond acceptors (Lipinski definition) is 4. The summed E-state index contributed by atoms with van der Waals surface area (Å²) in [7, 11) is 1.43. The minimum atomic E-state index is -0.932. The molecule has 5 heteroatoms. The van der Waals surface area contributed by atoms with Crippen LogP contribution in [0.1, 0.15) is 31.2 Å². The van der Waals surface area contributed by atoms with Gasteiger partial charge in [-0.1, -0.05) is 48.5 Å². The lowest BCUT2D eigenvalue weighted by Crippen LogP contribution is -2.63. The molecule has 1 amide bonds. The third kappa shape index (κ3) is 4.26. The number of carbonyl (C=O) groups excluding carboxylic acids is 2. The fourth-order valence-corrected chi connectivity index (χ4v) is 4.46. The Hall–Kier alpha value is -2.66. The molecule has 0 radical (unpaired) electrons. The summed E-state index contributed by atoms with van der Waals surface area (Å²) in [6.07, 6.45) is 3.96. The number of piperidine rings is 1. The Kier molecular flexibility index (Phi) is 6.18. The van der Waals surface area contributed by atoms with Crippen LogP contribution in [0.15, 0.2) is 60.7 Å². The van der Waals surface area contributed by atoms with Gasteiger partial charge in [0.05, 0.1) is 7.11 Å². The van der Waals surface area contributed by atoms with Crippen LogP contribution in [-0.4, -0.2) is 49.1 Å². The number of esters is 1. The van der Waals surface area contributed by atoms with E-state index < -0.39 is 5.54 Å². The van der Waals surface area contributed by atoms with Gasteiger partial charge >= 0.3 is 5.97 Å². The summed E-state index contributed by atoms with van der Waals surface area (Å²) in [6.45, 7) is 2.48. The summed E-state index contributed by atoms with van der Waals surface area (Å²) >= 11 is 0. The second-order valence-corrected chi connectivity index (χ2v) is 8.38. The first-order valence-corrected chi connectivity index (χ1v) is 10.9. The normalized spacial score (nSPS) is 18.6. The average molecular weight is 407 g/mol. The molecule has 0 N–H and O–H groups in total. The topological polar surface area (TPSA) is 49.9 Å². The van der Waals surface area contributed by atoms with E-state index in [1.165, 1.54) is 12.7 Å². The van der Waals surface area contributed by atoms with Gasteiger partial charge in [0.15, 0.2) is 0 Å². The van der Waals surface area contributed by atoms with Gasteiger partial charge in [0.2, 0.25) is 5.91 Å². The Morgan fingerprint density at radius 2 is 1.60 bits per heavy atom. The Balaban J connectivity index is 1.54. The lowest BCUT2D eigenvalue weighted by molar-refractivity contribution is -0.151. The van der Waals surface area contributed by atoms with Gasteiger partial charge in [-0.05, 0) is 49.8 Å². The molecule has 0 spiro atoms. The molecular weight excluding hydrogens is 376 g/mol. The number of ether oxygens (including phenoxy) is 1. The number of amides is 1. The molecule has 0 bridgehead atoms. The van der Waals surface area contributed by atoms with Crippen molar-refractivity contribution in [3.8, 4) is 0 Å². The van der Waals surface area contributed by atoms with Gasteiger partial charge < -0.3 is 9.64 Å². The Morgan fingerprint density at radius 3 is 2.17 bits per heavy atom. The summed E-state index contributed by atoms with van der Waals surface area (Å²) in [5.41, 5.74) is 1.17. The van der Waals surface area contributed by atoms with Crippen molar-refractivity contribution in [3.63, 3.8) is 0 Å². The SMILES string of the molecule is COC(=O)C1(N(C(=O)C2CC2)c2ccccc2)CCN(CCc2ccccc2)CC1. The summed E-state index contributed by atoms with van der Waals surface area (Å²) in [6, 6.07) is 20.1. The predicted molar refractivity (Wildman–Crippen MR) is 117 cm³/mol. The van der Waals surface area contributed by atoms with Gasteiger partial charge in [0, 0.05) is 31.2 Å². The van der Waals surface area contributed by atoms with E-state index >= 15 is 0 Å². The zero-order chi connectivity index (χ0) is 21.0. The van der Waals surface area contributed by atoms with E-state index in [0.29, 0.717) is 12.8 Å². The standard InChI is InChI=1S/C25H30N2O3/c1-30-24(29)25(27(23(28)21-12-13-21)22-10-6-3-7-11-22)15-18-26(19-16-25)17-14-20-8-4-2-5-9-20/h2-11,21H,12-19H2,1H3. The van der Waals surface area contributed by atoms with Gasteiger partial charge in [-0.3, -0.25) is 9.69 Å². The minimum Gasteiger partial charge on any atom is -0.467 e. The summed E-state index contributed by atoms with van der Waals surface area (Å²) < 4.78 is 5.26. The zero-order valence-electron chi connectivity index (χ0n) is 17.6. The van der Waals surface area contributed by atoms with E-state index in [1.54, 1.807) is 4.90 Å². The zero-order valence-corrected chi connectivity index (χ0v) is 17.6. The number of methoxy groups -OCH3 is 1. The highest BCUT2D eigenvalue weighted by atomic mass is 16.5. The summed E-state index contributed by atoms with van der Waals surface area (Å²) in [5, 5.41) is 0. The van der Waals surface area contributed by atoms with Crippen LogP contribution in [0, 0.1) is 5.92 Å². The number of hydrogen-bond donors (Lipinski definition) is 0. The number of likely N-dealkylation sites (tertiary alicyclic amines) is 1. The second-order valence-electron chi connectivity index (χ2n) is 8.38. The van der Waals surface area contributed by atoms with E-state index in [0.717, 1.165) is 44.6 Å². The van der Waals surface area contributed by atoms with Crippen molar-refractivity contribution in [3.05, 3.63) is 66.2 Å². The molecule has 2 aliphatic rings. The molecule has 1 aliphatic carbocycles. The van der Waals surface area contributed by atoms with Crippen molar-refractivity contribution in [1.29, 1.82) is 0 Å². The Morgan fingerprint density at radius 1 is 1.00 bits per heavy atom. The van der Waals surface area contributed by atoms with Gasteiger partial charge in [0.25, 0.3) is 0 Å². The number of anilines is 1. The smallest absolute Gasteiger partial charge is 0.332 e. The van der Waals surface area contributed by atoms with Crippen LogP contribution in [0.25, 0.3) is 0 Å². The maximum Gasteiger partial charge on any atom is 0.332 e. The van der Waals surface area contributed by atoms with Gasteiger partial charge in [0.1, 0.15) is 5.54 Å². The molecule has 0 unspecified atom stereocenters. The molecule has 158 valence electrons. The monoisotopic (exact) mass is 406 g/mol. The summed E-state index contributed by atoms with van der Waals surface area (Å²) in [5.74, 6) is -0.213. The maximum atomic E-state index is 13.3. The van der Waals surface area contributed by atoms with Crippen molar-refractivity contribution in [2.75, 3.05) is 31.6 Å². The molecular formula is C25H30N2O3. The van der Waals surface area contributed by atoms with Crippen molar-refractivity contribution in [2.24, 2.45) is 5.92 Å². The number of nitrogens with zero attached hydrogens (tertiary/aromatic N) is 2. The van der Waals surface area contributed by atoms with Crippen LogP contribution < -0.4 is 4.90 Å². The number of rotatable bonds is 7. The quantitative estimate of drug-likeness (QED) is 0.658. The molecule has 4 rings (SSSR count). The van der Waals surface area contributed by atoms with Crippen LogP contribution in [-0.2, 0) is 20.7 Å². The molecule has 2 aromatic carbocycles. The molecule has 0 atom stereocenters. The fourth-order valence-electron chi connectivity index (χ4n) is 4.46. The van der Waals surface area contributed by atoms with E-state index in [9.17, 15) is 9.59 Å². The molecule has 1 aliphatic heterocycles. The van der Waals surface area contributed by atoms with Crippen LogP contribution in [0.2, 0.25) is 0 Å². The molecule has 1 saturated heterocycles. The number of benzene rings is 2. The average Bonchev–Trinajstić information content (AvgIpc) is 3.65. The third-order valence-corrected chi connectivity index (χ3v) is 6.40. The van der Waals surface area contributed by atoms with E-state index in [2.05, 4.69) is 29.2 Å². The molecule has 2 aromatic rings. The first kappa shape index (κ1) is 20.6. The van der Waals surface area contributed by atoms with Crippen LogP contribution >= 0.6 is 0 Å².